The van der Waals surface area contributed by atoms with E-state index < -0.39 is 5.97 Å². The van der Waals surface area contributed by atoms with Gasteiger partial charge in [-0.05, 0) is 35.0 Å². The van der Waals surface area contributed by atoms with E-state index in [9.17, 15) is 4.79 Å². The highest BCUT2D eigenvalue weighted by Crippen LogP contribution is 2.29. The molecule has 2 aromatic rings. The Hall–Kier alpha value is -1.36. The minimum absolute atomic E-state index is 0.255. The van der Waals surface area contributed by atoms with Crippen LogP contribution in [0.3, 0.4) is 0 Å². The van der Waals surface area contributed by atoms with Crippen molar-refractivity contribution < 1.29 is 9.90 Å². The maximum Gasteiger partial charge on any atom is 0.336 e. The molecule has 0 aliphatic rings. The van der Waals surface area contributed by atoms with Crippen LogP contribution in [0.5, 0.6) is 0 Å². The van der Waals surface area contributed by atoms with Gasteiger partial charge in [0.15, 0.2) is 0 Å². The standard InChI is InChI=1S/C10H9BrN2O2/c1-5-6-3-4-7(10(14)15)8(11)9(6)13(2)12-5/h3-4H,1-2H3,(H,14,15). The number of halogens is 1. The summed E-state index contributed by atoms with van der Waals surface area (Å²) in [6, 6.07) is 3.37. The van der Waals surface area contributed by atoms with Crippen LogP contribution in [0.1, 0.15) is 16.1 Å². The molecular weight excluding hydrogens is 260 g/mol. The lowest BCUT2D eigenvalue weighted by Crippen LogP contribution is -1.99. The SMILES string of the molecule is Cc1nn(C)c2c(Br)c(C(=O)O)ccc12. The van der Waals surface area contributed by atoms with Crippen molar-refractivity contribution in [2.45, 2.75) is 6.92 Å². The minimum Gasteiger partial charge on any atom is -0.478 e. The number of carboxylic acids is 1. The largest absolute Gasteiger partial charge is 0.478 e. The second-order valence-corrected chi connectivity index (χ2v) is 4.13. The van der Waals surface area contributed by atoms with E-state index in [0.717, 1.165) is 16.6 Å². The highest BCUT2D eigenvalue weighted by molar-refractivity contribution is 9.10. The number of benzene rings is 1. The van der Waals surface area contributed by atoms with Crippen molar-refractivity contribution in [1.82, 2.24) is 9.78 Å². The molecule has 0 bridgehead atoms. The van der Waals surface area contributed by atoms with Crippen LogP contribution in [0.25, 0.3) is 10.9 Å². The number of hydrogen-bond donors (Lipinski definition) is 1. The summed E-state index contributed by atoms with van der Waals surface area (Å²) in [7, 11) is 1.80. The van der Waals surface area contributed by atoms with Gasteiger partial charge in [-0.1, -0.05) is 0 Å². The number of aromatic nitrogens is 2. The van der Waals surface area contributed by atoms with Crippen LogP contribution in [0.2, 0.25) is 0 Å². The van der Waals surface area contributed by atoms with Gasteiger partial charge in [0.05, 0.1) is 21.2 Å². The number of nitrogens with zero attached hydrogens (tertiary/aromatic N) is 2. The van der Waals surface area contributed by atoms with E-state index >= 15 is 0 Å². The summed E-state index contributed by atoms with van der Waals surface area (Å²) in [6.45, 7) is 1.90. The van der Waals surface area contributed by atoms with Crippen molar-refractivity contribution in [2.75, 3.05) is 0 Å². The summed E-state index contributed by atoms with van der Waals surface area (Å²) in [6.07, 6.45) is 0. The molecule has 0 aliphatic carbocycles. The van der Waals surface area contributed by atoms with Crippen molar-refractivity contribution in [2.24, 2.45) is 7.05 Å². The van der Waals surface area contributed by atoms with Crippen molar-refractivity contribution in [3.8, 4) is 0 Å². The third kappa shape index (κ3) is 1.43. The van der Waals surface area contributed by atoms with Crippen molar-refractivity contribution in [1.29, 1.82) is 0 Å². The van der Waals surface area contributed by atoms with Gasteiger partial charge < -0.3 is 5.11 Å². The zero-order chi connectivity index (χ0) is 11.2. The first-order chi connectivity index (χ1) is 7.02. The Morgan fingerprint density at radius 1 is 1.53 bits per heavy atom. The predicted octanol–water partition coefficient (Wildman–Crippen LogP) is 2.34. The highest BCUT2D eigenvalue weighted by Gasteiger charge is 2.15. The zero-order valence-corrected chi connectivity index (χ0v) is 9.87. The molecule has 0 amide bonds. The topological polar surface area (TPSA) is 55.1 Å². The Morgan fingerprint density at radius 3 is 2.80 bits per heavy atom. The van der Waals surface area contributed by atoms with Crippen molar-refractivity contribution in [3.63, 3.8) is 0 Å². The van der Waals surface area contributed by atoms with Crippen LogP contribution >= 0.6 is 15.9 Å². The van der Waals surface area contributed by atoms with E-state index in [4.69, 9.17) is 5.11 Å². The van der Waals surface area contributed by atoms with Gasteiger partial charge in [0.25, 0.3) is 0 Å². The average molecular weight is 269 g/mol. The molecule has 1 aromatic heterocycles. The van der Waals surface area contributed by atoms with Crippen LogP contribution in [-0.4, -0.2) is 20.9 Å². The van der Waals surface area contributed by atoms with Gasteiger partial charge in [0.1, 0.15) is 0 Å². The lowest BCUT2D eigenvalue weighted by Gasteiger charge is -2.02. The molecule has 2 rings (SSSR count). The zero-order valence-electron chi connectivity index (χ0n) is 8.28. The average Bonchev–Trinajstić information content (AvgIpc) is 2.43. The van der Waals surface area contributed by atoms with Crippen LogP contribution < -0.4 is 0 Å². The molecule has 1 aromatic carbocycles. The fourth-order valence-electron chi connectivity index (χ4n) is 1.67. The maximum absolute atomic E-state index is 10.9. The quantitative estimate of drug-likeness (QED) is 0.864. The molecule has 0 fully saturated rings. The lowest BCUT2D eigenvalue weighted by molar-refractivity contribution is 0.0696. The monoisotopic (exact) mass is 268 g/mol. The molecular formula is C10H9BrN2O2. The van der Waals surface area contributed by atoms with E-state index in [1.54, 1.807) is 23.9 Å². The van der Waals surface area contributed by atoms with Crippen molar-refractivity contribution in [3.05, 3.63) is 27.9 Å². The van der Waals surface area contributed by atoms with Gasteiger partial charge >= 0.3 is 5.97 Å². The smallest absolute Gasteiger partial charge is 0.336 e. The maximum atomic E-state index is 10.9. The molecule has 0 spiro atoms. The molecule has 0 saturated carbocycles. The number of aryl methyl sites for hydroxylation is 2. The van der Waals surface area contributed by atoms with Crippen LogP contribution in [0.4, 0.5) is 0 Å². The minimum atomic E-state index is -0.942. The van der Waals surface area contributed by atoms with Gasteiger partial charge in [0, 0.05) is 12.4 Å². The normalized spacial score (nSPS) is 10.9. The molecule has 0 aliphatic heterocycles. The number of carbonyl (C=O) groups is 1. The first-order valence-corrected chi connectivity index (χ1v) is 5.16. The molecule has 4 nitrogen and oxygen atoms in total. The Labute approximate surface area is 94.6 Å². The molecule has 0 saturated heterocycles. The highest BCUT2D eigenvalue weighted by atomic mass is 79.9. The molecule has 0 radical (unpaired) electrons. The summed E-state index contributed by atoms with van der Waals surface area (Å²) in [5, 5.41) is 14.2. The van der Waals surface area contributed by atoms with Gasteiger partial charge in [-0.25, -0.2) is 4.79 Å². The third-order valence-corrected chi connectivity index (χ3v) is 3.16. The first-order valence-electron chi connectivity index (χ1n) is 4.37. The molecule has 0 unspecified atom stereocenters. The van der Waals surface area contributed by atoms with Crippen molar-refractivity contribution >= 4 is 32.8 Å². The van der Waals surface area contributed by atoms with Gasteiger partial charge in [0.2, 0.25) is 0 Å². The fraction of sp³-hybridized carbons (Fsp3) is 0.200. The molecule has 5 heteroatoms. The summed E-state index contributed by atoms with van der Waals surface area (Å²) in [4.78, 5) is 10.9. The Kier molecular flexibility index (Phi) is 2.26. The van der Waals surface area contributed by atoms with Gasteiger partial charge in [-0.2, -0.15) is 5.10 Å². The first kappa shape index (κ1) is 10.2. The number of carboxylic acid groups (broad SMARTS) is 1. The van der Waals surface area contributed by atoms with Gasteiger partial charge in [-0.3, -0.25) is 4.68 Å². The molecule has 1 N–H and O–H groups in total. The van der Waals surface area contributed by atoms with Crippen LogP contribution in [-0.2, 0) is 7.05 Å². The number of rotatable bonds is 1. The van der Waals surface area contributed by atoms with E-state index in [0.29, 0.717) is 4.47 Å². The third-order valence-electron chi connectivity index (χ3n) is 2.36. The molecule has 0 atom stereocenters. The van der Waals surface area contributed by atoms with E-state index in [1.807, 2.05) is 6.92 Å². The Bertz CT molecular complexity index is 560. The lowest BCUT2D eigenvalue weighted by atomic mass is 10.1. The molecule has 78 valence electrons. The Morgan fingerprint density at radius 2 is 2.20 bits per heavy atom. The van der Waals surface area contributed by atoms with Crippen LogP contribution in [0, 0.1) is 6.92 Å². The molecule has 15 heavy (non-hydrogen) atoms. The summed E-state index contributed by atoms with van der Waals surface area (Å²) in [5.41, 5.74) is 1.96. The fourth-order valence-corrected chi connectivity index (χ4v) is 2.44. The summed E-state index contributed by atoms with van der Waals surface area (Å²) in [5.74, 6) is -0.942. The number of aromatic carboxylic acids is 1. The van der Waals surface area contributed by atoms with E-state index in [-0.39, 0.29) is 5.56 Å². The molecule has 1 heterocycles. The summed E-state index contributed by atoms with van der Waals surface area (Å²) < 4.78 is 2.26. The van der Waals surface area contributed by atoms with E-state index in [1.165, 1.54) is 0 Å². The second-order valence-electron chi connectivity index (χ2n) is 3.34. The van der Waals surface area contributed by atoms with Crippen LogP contribution in [0.15, 0.2) is 16.6 Å². The van der Waals surface area contributed by atoms with Gasteiger partial charge in [-0.15, -0.1) is 0 Å². The van der Waals surface area contributed by atoms with E-state index in [2.05, 4.69) is 21.0 Å². The summed E-state index contributed by atoms with van der Waals surface area (Å²) >= 11 is 3.30. The second kappa shape index (κ2) is 3.34. The number of fused-ring (bicyclic) bond motifs is 1. The predicted molar refractivity (Wildman–Crippen MR) is 60.1 cm³/mol. The Balaban J connectivity index is 2.89. The number of hydrogen-bond acceptors (Lipinski definition) is 2.